The van der Waals surface area contributed by atoms with Crippen molar-refractivity contribution in [2.45, 2.75) is 25.7 Å². The van der Waals surface area contributed by atoms with Crippen LogP contribution in [0.1, 0.15) is 36.3 Å². The molecule has 174 valence electrons. The Morgan fingerprint density at radius 3 is 2.63 bits per heavy atom. The van der Waals surface area contributed by atoms with E-state index >= 15 is 0 Å². The quantitative estimate of drug-likeness (QED) is 0.280. The number of hydrogen-bond acceptors (Lipinski definition) is 4. The number of nitrogens with one attached hydrogen (secondary N) is 2. The normalized spacial score (nSPS) is 11.6. The molecule has 0 atom stereocenters. The molecule has 0 radical (unpaired) electrons. The van der Waals surface area contributed by atoms with Gasteiger partial charge in [-0.05, 0) is 42.0 Å². The Hall–Kier alpha value is -4.64. The number of fused-ring (bicyclic) bond motifs is 2. The number of benzene rings is 3. The fourth-order valence-corrected chi connectivity index (χ4v) is 4.51. The van der Waals surface area contributed by atoms with E-state index in [0.29, 0.717) is 5.69 Å². The van der Waals surface area contributed by atoms with Crippen molar-refractivity contribution in [2.75, 3.05) is 5.43 Å². The summed E-state index contributed by atoms with van der Waals surface area (Å²) in [6.07, 6.45) is 1.93. The van der Waals surface area contributed by atoms with Crippen molar-refractivity contribution < 1.29 is 14.3 Å². The minimum atomic E-state index is -1.01. The van der Waals surface area contributed by atoms with Crippen molar-refractivity contribution in [2.24, 2.45) is 0 Å². The number of rotatable bonds is 6. The van der Waals surface area contributed by atoms with Crippen LogP contribution in [0.25, 0.3) is 32.9 Å². The predicted molar refractivity (Wildman–Crippen MR) is 133 cm³/mol. The predicted octanol–water partition coefficient (Wildman–Crippen LogP) is 6.09. The van der Waals surface area contributed by atoms with Crippen LogP contribution in [0, 0.1) is 17.1 Å². The van der Waals surface area contributed by atoms with Gasteiger partial charge in [-0.15, -0.1) is 0 Å². The molecule has 0 aliphatic carbocycles. The lowest BCUT2D eigenvalue weighted by molar-refractivity contribution is 0.0697. The minimum absolute atomic E-state index is 0.177. The standard InChI is InChI=1S/C27H22FN5O2/c1-27(2,11-12-29)25-24(16-7-9-17(10-8-16)26(34)35)19-14-22-18(15-30-31-22)13-23(19)33(25)32-21-6-4-3-5-20(21)28/h3-10,13-15,32H,11H2,1-2H3,(H,30,31)(H,34,35). The van der Waals surface area contributed by atoms with Crippen LogP contribution in [-0.2, 0) is 5.41 Å². The van der Waals surface area contributed by atoms with Gasteiger partial charge >= 0.3 is 5.97 Å². The summed E-state index contributed by atoms with van der Waals surface area (Å²) in [6.45, 7) is 3.93. The highest BCUT2D eigenvalue weighted by Crippen LogP contribution is 2.43. The van der Waals surface area contributed by atoms with Gasteiger partial charge < -0.3 is 5.11 Å². The summed E-state index contributed by atoms with van der Waals surface area (Å²) in [4.78, 5) is 11.4. The third-order valence-corrected chi connectivity index (χ3v) is 6.22. The highest BCUT2D eigenvalue weighted by atomic mass is 19.1. The molecule has 5 aromatic rings. The van der Waals surface area contributed by atoms with Gasteiger partial charge in [-0.3, -0.25) is 15.2 Å². The average Bonchev–Trinajstić information content (AvgIpc) is 3.41. The van der Waals surface area contributed by atoms with Gasteiger partial charge in [0.25, 0.3) is 0 Å². The van der Waals surface area contributed by atoms with Crippen LogP contribution in [0.5, 0.6) is 0 Å². The molecule has 2 heterocycles. The summed E-state index contributed by atoms with van der Waals surface area (Å²) in [5.41, 5.74) is 7.06. The van der Waals surface area contributed by atoms with Crippen LogP contribution in [0.4, 0.5) is 10.1 Å². The number of aromatic amines is 1. The molecule has 5 rings (SSSR count). The Morgan fingerprint density at radius 1 is 1.20 bits per heavy atom. The summed E-state index contributed by atoms with van der Waals surface area (Å²) >= 11 is 0. The monoisotopic (exact) mass is 467 g/mol. The molecule has 0 fully saturated rings. The van der Waals surface area contributed by atoms with Crippen molar-refractivity contribution in [3.05, 3.63) is 83.9 Å². The molecule has 7 nitrogen and oxygen atoms in total. The van der Waals surface area contributed by atoms with Crippen LogP contribution in [0.15, 0.2) is 66.9 Å². The third kappa shape index (κ3) is 3.77. The number of carboxylic acid groups (broad SMARTS) is 1. The maximum Gasteiger partial charge on any atom is 0.335 e. The second-order valence-corrected chi connectivity index (χ2v) is 9.08. The molecule has 0 aliphatic heterocycles. The Bertz CT molecular complexity index is 1620. The molecule has 0 saturated carbocycles. The average molecular weight is 468 g/mol. The number of nitriles is 1. The van der Waals surface area contributed by atoms with E-state index in [-0.39, 0.29) is 12.0 Å². The zero-order valence-corrected chi connectivity index (χ0v) is 19.1. The summed E-state index contributed by atoms with van der Waals surface area (Å²) in [7, 11) is 0. The number of nitrogens with zero attached hydrogens (tertiary/aromatic N) is 3. The van der Waals surface area contributed by atoms with E-state index in [1.165, 1.54) is 6.07 Å². The van der Waals surface area contributed by atoms with Gasteiger partial charge in [0.2, 0.25) is 0 Å². The van der Waals surface area contributed by atoms with Crippen LogP contribution in [-0.4, -0.2) is 25.9 Å². The highest BCUT2D eigenvalue weighted by Gasteiger charge is 2.32. The van der Waals surface area contributed by atoms with Gasteiger partial charge in [-0.2, -0.15) is 10.4 Å². The number of aromatic carboxylic acids is 1. The molecule has 0 amide bonds. The molecule has 3 N–H and O–H groups in total. The van der Waals surface area contributed by atoms with Crippen molar-refractivity contribution in [1.82, 2.24) is 14.9 Å². The van der Waals surface area contributed by atoms with Gasteiger partial charge in [0.15, 0.2) is 0 Å². The lowest BCUT2D eigenvalue weighted by atomic mass is 9.82. The number of carboxylic acids is 1. The molecule has 0 spiro atoms. The van der Waals surface area contributed by atoms with Gasteiger partial charge in [-0.1, -0.05) is 38.1 Å². The zero-order valence-electron chi connectivity index (χ0n) is 19.1. The first-order chi connectivity index (χ1) is 16.8. The van der Waals surface area contributed by atoms with E-state index in [4.69, 9.17) is 0 Å². The van der Waals surface area contributed by atoms with Gasteiger partial charge in [0.1, 0.15) is 5.82 Å². The van der Waals surface area contributed by atoms with Crippen molar-refractivity contribution in [1.29, 1.82) is 5.26 Å². The Morgan fingerprint density at radius 2 is 1.94 bits per heavy atom. The topological polar surface area (TPSA) is 107 Å². The second kappa shape index (κ2) is 8.29. The summed E-state index contributed by atoms with van der Waals surface area (Å²) < 4.78 is 16.5. The first-order valence-electron chi connectivity index (χ1n) is 11.0. The number of carbonyl (C=O) groups is 1. The summed E-state index contributed by atoms with van der Waals surface area (Å²) in [5.74, 6) is -1.42. The smallest absolute Gasteiger partial charge is 0.335 e. The van der Waals surface area contributed by atoms with Crippen molar-refractivity contribution >= 4 is 33.5 Å². The minimum Gasteiger partial charge on any atom is -0.478 e. The fourth-order valence-electron chi connectivity index (χ4n) is 4.51. The Labute approximate surface area is 200 Å². The maximum atomic E-state index is 14.7. The molecule has 0 saturated heterocycles. The fraction of sp³-hybridized carbons (Fsp3) is 0.148. The SMILES string of the molecule is CC(C)(CC#N)c1c(-c2ccc(C(=O)O)cc2)c2cc3[nH]ncc3cc2n1Nc1ccccc1F. The number of aromatic nitrogens is 3. The molecular formula is C27H22FN5O2. The summed E-state index contributed by atoms with van der Waals surface area (Å²) in [6, 6.07) is 19.2. The molecular weight excluding hydrogens is 445 g/mol. The van der Waals surface area contributed by atoms with E-state index in [2.05, 4.69) is 21.7 Å². The first-order valence-corrected chi connectivity index (χ1v) is 11.0. The lowest BCUT2D eigenvalue weighted by Gasteiger charge is -2.27. The lowest BCUT2D eigenvalue weighted by Crippen LogP contribution is -2.25. The van der Waals surface area contributed by atoms with E-state index in [0.717, 1.165) is 38.6 Å². The van der Waals surface area contributed by atoms with Gasteiger partial charge in [0, 0.05) is 28.2 Å². The van der Waals surface area contributed by atoms with Crippen LogP contribution < -0.4 is 5.43 Å². The molecule has 0 aliphatic rings. The number of hydrogen-bond donors (Lipinski definition) is 3. The second-order valence-electron chi connectivity index (χ2n) is 9.08. The van der Waals surface area contributed by atoms with Crippen LogP contribution in [0.3, 0.4) is 0 Å². The van der Waals surface area contributed by atoms with E-state index < -0.39 is 17.2 Å². The molecule has 0 bridgehead atoms. The summed E-state index contributed by atoms with van der Waals surface area (Å²) in [5, 5.41) is 27.9. The Balaban J connectivity index is 1.88. The zero-order chi connectivity index (χ0) is 24.7. The molecule has 0 unspecified atom stereocenters. The number of H-pyrrole nitrogens is 1. The molecule has 3 aromatic carbocycles. The van der Waals surface area contributed by atoms with Gasteiger partial charge in [-0.25, -0.2) is 9.18 Å². The van der Waals surface area contributed by atoms with E-state index in [1.807, 2.05) is 30.7 Å². The highest BCUT2D eigenvalue weighted by molar-refractivity contribution is 6.05. The maximum absolute atomic E-state index is 14.7. The van der Waals surface area contributed by atoms with Gasteiger partial charge in [0.05, 0.1) is 40.2 Å². The van der Waals surface area contributed by atoms with Crippen molar-refractivity contribution in [3.63, 3.8) is 0 Å². The number of anilines is 1. The largest absolute Gasteiger partial charge is 0.478 e. The number of halogens is 1. The van der Waals surface area contributed by atoms with Crippen molar-refractivity contribution in [3.8, 4) is 17.2 Å². The molecule has 8 heteroatoms. The third-order valence-electron chi connectivity index (χ3n) is 6.22. The molecule has 35 heavy (non-hydrogen) atoms. The first kappa shape index (κ1) is 22.2. The van der Waals surface area contributed by atoms with Crippen LogP contribution in [0.2, 0.25) is 0 Å². The van der Waals surface area contributed by atoms with Crippen LogP contribution >= 0.6 is 0 Å². The van der Waals surface area contributed by atoms with E-state index in [1.54, 1.807) is 48.7 Å². The molecule has 2 aromatic heterocycles. The van der Waals surface area contributed by atoms with E-state index in [9.17, 15) is 19.6 Å². The Kier molecular flexibility index (Phi) is 5.25. The number of para-hydroxylation sites is 1.